The summed E-state index contributed by atoms with van der Waals surface area (Å²) in [5.74, 6) is 0.829. The number of carbonyl (C=O) groups is 1. The molecule has 0 atom stereocenters. The van der Waals surface area contributed by atoms with Gasteiger partial charge < -0.3 is 15.4 Å². The lowest BCUT2D eigenvalue weighted by Crippen LogP contribution is -2.13. The molecule has 1 heterocycles. The highest BCUT2D eigenvalue weighted by Gasteiger charge is 2.08. The highest BCUT2D eigenvalue weighted by atomic mass is 19.1. The standard InChI is InChI=1S/C21H20FN3O2/c1-27-18-7-4-6-17(13-18)25-21(26)16-9-10-20(24-14-16)23-12-11-15-5-2-3-8-19(15)22/h2-10,13-14H,11-12H2,1H3,(H,23,24)(H,25,26). The van der Waals surface area contributed by atoms with E-state index in [0.29, 0.717) is 41.3 Å². The van der Waals surface area contributed by atoms with Crippen LogP contribution in [0.1, 0.15) is 15.9 Å². The van der Waals surface area contributed by atoms with Crippen molar-refractivity contribution in [2.75, 3.05) is 24.3 Å². The van der Waals surface area contributed by atoms with Gasteiger partial charge >= 0.3 is 0 Å². The third-order valence-corrected chi connectivity index (χ3v) is 4.01. The van der Waals surface area contributed by atoms with E-state index >= 15 is 0 Å². The number of pyridine rings is 1. The number of carbonyl (C=O) groups excluding carboxylic acids is 1. The number of anilines is 2. The molecule has 0 aliphatic heterocycles. The lowest BCUT2D eigenvalue weighted by molar-refractivity contribution is 0.102. The van der Waals surface area contributed by atoms with Gasteiger partial charge in [0.05, 0.1) is 12.7 Å². The van der Waals surface area contributed by atoms with E-state index in [-0.39, 0.29) is 11.7 Å². The minimum atomic E-state index is -0.256. The molecule has 0 saturated carbocycles. The number of hydrogen-bond donors (Lipinski definition) is 2. The number of nitrogens with one attached hydrogen (secondary N) is 2. The summed E-state index contributed by atoms with van der Waals surface area (Å²) in [7, 11) is 1.57. The van der Waals surface area contributed by atoms with Crippen LogP contribution in [0.5, 0.6) is 5.75 Å². The van der Waals surface area contributed by atoms with Gasteiger partial charge in [0, 0.05) is 24.5 Å². The monoisotopic (exact) mass is 365 g/mol. The van der Waals surface area contributed by atoms with E-state index in [0.717, 1.165) is 0 Å². The highest BCUT2D eigenvalue weighted by Crippen LogP contribution is 2.17. The first-order valence-electron chi connectivity index (χ1n) is 8.54. The maximum absolute atomic E-state index is 13.6. The number of methoxy groups -OCH3 is 1. The van der Waals surface area contributed by atoms with Gasteiger partial charge in [-0.2, -0.15) is 0 Å². The van der Waals surface area contributed by atoms with Gasteiger partial charge in [-0.05, 0) is 42.3 Å². The highest BCUT2D eigenvalue weighted by molar-refractivity contribution is 6.04. The number of benzene rings is 2. The molecule has 2 aromatic carbocycles. The molecule has 0 spiro atoms. The van der Waals surface area contributed by atoms with E-state index in [1.54, 1.807) is 55.6 Å². The quantitative estimate of drug-likeness (QED) is 0.661. The molecule has 0 saturated heterocycles. The van der Waals surface area contributed by atoms with E-state index in [1.807, 2.05) is 6.07 Å². The summed E-state index contributed by atoms with van der Waals surface area (Å²) in [4.78, 5) is 16.5. The predicted molar refractivity (Wildman–Crippen MR) is 104 cm³/mol. The minimum Gasteiger partial charge on any atom is -0.497 e. The second kappa shape index (κ2) is 8.80. The van der Waals surface area contributed by atoms with Crippen LogP contribution in [0.25, 0.3) is 0 Å². The number of amides is 1. The number of aromatic nitrogens is 1. The van der Waals surface area contributed by atoms with Crippen molar-refractivity contribution in [3.8, 4) is 5.75 Å². The van der Waals surface area contributed by atoms with Crippen LogP contribution in [0, 0.1) is 5.82 Å². The van der Waals surface area contributed by atoms with Crippen molar-refractivity contribution in [2.45, 2.75) is 6.42 Å². The van der Waals surface area contributed by atoms with Crippen LogP contribution in [0.3, 0.4) is 0 Å². The first-order valence-corrected chi connectivity index (χ1v) is 8.54. The van der Waals surface area contributed by atoms with E-state index in [1.165, 1.54) is 12.3 Å². The Bertz CT molecular complexity index is 913. The number of hydrogen-bond acceptors (Lipinski definition) is 4. The van der Waals surface area contributed by atoms with Gasteiger partial charge in [0.1, 0.15) is 17.4 Å². The molecule has 0 aliphatic rings. The summed E-state index contributed by atoms with van der Waals surface area (Å²) in [6.07, 6.45) is 2.05. The van der Waals surface area contributed by atoms with Crippen molar-refractivity contribution in [3.05, 3.63) is 83.8 Å². The van der Waals surface area contributed by atoms with E-state index in [2.05, 4.69) is 15.6 Å². The van der Waals surface area contributed by atoms with Crippen LogP contribution in [0.15, 0.2) is 66.9 Å². The molecule has 3 aromatic rings. The third kappa shape index (κ3) is 5.04. The second-order valence-corrected chi connectivity index (χ2v) is 5.89. The van der Waals surface area contributed by atoms with Crippen LogP contribution in [-0.2, 0) is 6.42 Å². The zero-order valence-electron chi connectivity index (χ0n) is 14.9. The fourth-order valence-electron chi connectivity index (χ4n) is 2.56. The molecule has 27 heavy (non-hydrogen) atoms. The number of rotatable bonds is 7. The van der Waals surface area contributed by atoms with Crippen LogP contribution in [0.4, 0.5) is 15.9 Å². The van der Waals surface area contributed by atoms with Crippen molar-refractivity contribution in [1.29, 1.82) is 0 Å². The molecule has 5 nitrogen and oxygen atoms in total. The number of halogens is 1. The zero-order chi connectivity index (χ0) is 19.1. The maximum atomic E-state index is 13.6. The summed E-state index contributed by atoms with van der Waals surface area (Å²) in [6.45, 7) is 0.545. The summed E-state index contributed by atoms with van der Waals surface area (Å²) < 4.78 is 18.7. The average Bonchev–Trinajstić information content (AvgIpc) is 2.70. The van der Waals surface area contributed by atoms with Crippen molar-refractivity contribution in [3.63, 3.8) is 0 Å². The van der Waals surface area contributed by atoms with Gasteiger partial charge in [-0.25, -0.2) is 9.37 Å². The largest absolute Gasteiger partial charge is 0.497 e. The molecule has 6 heteroatoms. The normalized spacial score (nSPS) is 10.3. The van der Waals surface area contributed by atoms with E-state index in [4.69, 9.17) is 4.74 Å². The Labute approximate surface area is 157 Å². The molecule has 1 aromatic heterocycles. The van der Waals surface area contributed by atoms with Crippen molar-refractivity contribution < 1.29 is 13.9 Å². The number of ether oxygens (including phenoxy) is 1. The topological polar surface area (TPSA) is 63.2 Å². The summed E-state index contributed by atoms with van der Waals surface area (Å²) in [6, 6.07) is 17.2. The minimum absolute atomic E-state index is 0.211. The van der Waals surface area contributed by atoms with Gasteiger partial charge in [-0.1, -0.05) is 24.3 Å². The number of nitrogens with zero attached hydrogens (tertiary/aromatic N) is 1. The molecular formula is C21H20FN3O2. The van der Waals surface area contributed by atoms with Gasteiger partial charge in [0.15, 0.2) is 0 Å². The van der Waals surface area contributed by atoms with Gasteiger partial charge in [0.25, 0.3) is 5.91 Å². The Morgan fingerprint density at radius 2 is 1.96 bits per heavy atom. The molecular weight excluding hydrogens is 345 g/mol. The van der Waals surface area contributed by atoms with Gasteiger partial charge in [-0.3, -0.25) is 4.79 Å². The van der Waals surface area contributed by atoms with Gasteiger partial charge in [0.2, 0.25) is 0 Å². The summed E-state index contributed by atoms with van der Waals surface area (Å²) in [5.41, 5.74) is 1.74. The smallest absolute Gasteiger partial charge is 0.257 e. The summed E-state index contributed by atoms with van der Waals surface area (Å²) >= 11 is 0. The molecule has 1 amide bonds. The van der Waals surface area contributed by atoms with Crippen LogP contribution in [0.2, 0.25) is 0 Å². The van der Waals surface area contributed by atoms with Gasteiger partial charge in [-0.15, -0.1) is 0 Å². The molecule has 0 unspecified atom stereocenters. The zero-order valence-corrected chi connectivity index (χ0v) is 14.9. The lowest BCUT2D eigenvalue weighted by atomic mass is 10.1. The van der Waals surface area contributed by atoms with E-state index < -0.39 is 0 Å². The fourth-order valence-corrected chi connectivity index (χ4v) is 2.56. The third-order valence-electron chi connectivity index (χ3n) is 4.01. The van der Waals surface area contributed by atoms with Crippen molar-refractivity contribution in [1.82, 2.24) is 4.98 Å². The Morgan fingerprint density at radius 1 is 1.11 bits per heavy atom. The second-order valence-electron chi connectivity index (χ2n) is 5.89. The molecule has 138 valence electrons. The van der Waals surface area contributed by atoms with Crippen LogP contribution >= 0.6 is 0 Å². The Balaban J connectivity index is 1.54. The Kier molecular flexibility index (Phi) is 5.99. The lowest BCUT2D eigenvalue weighted by Gasteiger charge is -2.09. The van der Waals surface area contributed by atoms with Crippen LogP contribution in [-0.4, -0.2) is 24.5 Å². The molecule has 0 bridgehead atoms. The SMILES string of the molecule is COc1cccc(NC(=O)c2ccc(NCCc3ccccc3F)nc2)c1. The first kappa shape index (κ1) is 18.4. The molecule has 2 N–H and O–H groups in total. The fraction of sp³-hybridized carbons (Fsp3) is 0.143. The average molecular weight is 365 g/mol. The van der Waals surface area contributed by atoms with Crippen molar-refractivity contribution in [2.24, 2.45) is 0 Å². The Hall–Kier alpha value is -3.41. The molecule has 0 radical (unpaired) electrons. The Morgan fingerprint density at radius 3 is 2.70 bits per heavy atom. The van der Waals surface area contributed by atoms with Crippen molar-refractivity contribution >= 4 is 17.4 Å². The molecule has 3 rings (SSSR count). The predicted octanol–water partition coefficient (Wildman–Crippen LogP) is 4.14. The molecule has 0 aliphatic carbocycles. The van der Waals surface area contributed by atoms with Crippen LogP contribution < -0.4 is 15.4 Å². The van der Waals surface area contributed by atoms with E-state index in [9.17, 15) is 9.18 Å². The first-order chi connectivity index (χ1) is 13.2. The maximum Gasteiger partial charge on any atom is 0.257 e. The summed E-state index contributed by atoms with van der Waals surface area (Å²) in [5, 5.41) is 5.93. The molecule has 0 fully saturated rings.